The molecule has 2 nitrogen and oxygen atoms in total. The first kappa shape index (κ1) is 19.8. The Bertz CT molecular complexity index is 654. The summed E-state index contributed by atoms with van der Waals surface area (Å²) in [5, 5.41) is 0. The van der Waals surface area contributed by atoms with Gasteiger partial charge in [0.15, 0.2) is 5.83 Å². The van der Waals surface area contributed by atoms with Crippen molar-refractivity contribution in [3.8, 4) is 0 Å². The molecule has 2 rings (SSSR count). The largest absolute Gasteiger partial charge is 0.460 e. The van der Waals surface area contributed by atoms with Crippen molar-refractivity contribution < 1.29 is 22.7 Å². The summed E-state index contributed by atoms with van der Waals surface area (Å²) in [5.74, 6) is -4.04. The first-order chi connectivity index (χ1) is 11.5. The zero-order chi connectivity index (χ0) is 19.1. The van der Waals surface area contributed by atoms with E-state index in [0.29, 0.717) is 6.42 Å². The van der Waals surface area contributed by atoms with E-state index in [1.54, 1.807) is 0 Å². The molecule has 0 N–H and O–H groups in total. The van der Waals surface area contributed by atoms with Crippen LogP contribution in [-0.4, -0.2) is 18.7 Å². The fraction of sp³-hybridized carbons (Fsp3) is 0.650. The molecule has 0 heterocycles. The fourth-order valence-electron chi connectivity index (χ4n) is 3.76. The van der Waals surface area contributed by atoms with Gasteiger partial charge in [-0.3, -0.25) is 4.79 Å². The number of rotatable bonds is 4. The van der Waals surface area contributed by atoms with E-state index in [1.807, 2.05) is 13.8 Å². The zero-order valence-corrected chi connectivity index (χ0v) is 15.8. The molecule has 0 aliphatic heterocycles. The maximum Gasteiger partial charge on any atom is 0.309 e. The maximum atomic E-state index is 14.1. The van der Waals surface area contributed by atoms with Crippen LogP contribution < -0.4 is 0 Å². The summed E-state index contributed by atoms with van der Waals surface area (Å²) in [6.07, 6.45) is 1.13. The molecule has 0 saturated heterocycles. The number of allylic oxidation sites excluding steroid dienone is 4. The number of ether oxygens (including phenoxy) is 1. The third-order valence-corrected chi connectivity index (χ3v) is 5.46. The van der Waals surface area contributed by atoms with E-state index in [4.69, 9.17) is 4.74 Å². The van der Waals surface area contributed by atoms with Crippen molar-refractivity contribution in [3.63, 3.8) is 0 Å². The fourth-order valence-corrected chi connectivity index (χ4v) is 3.76. The number of alkyl halides is 1. The minimum Gasteiger partial charge on any atom is -0.460 e. The molecule has 2 aliphatic carbocycles. The standard InChI is InChI=1S/C20H27F3O2/c1-10(2)7-15-13(8-20(15,5)6)19(24)25-9-14-11(3)16(21)12(4)17(22)18(14)23/h7,12-13,15-16H,8-9H2,1-6H3. The third-order valence-electron chi connectivity index (χ3n) is 5.46. The van der Waals surface area contributed by atoms with E-state index < -0.39 is 36.3 Å². The maximum absolute atomic E-state index is 14.1. The Labute approximate surface area is 147 Å². The highest BCUT2D eigenvalue weighted by atomic mass is 19.2. The average Bonchev–Trinajstić information content (AvgIpc) is 2.54. The summed E-state index contributed by atoms with van der Waals surface area (Å²) in [6.45, 7) is 10.4. The lowest BCUT2D eigenvalue weighted by atomic mass is 9.55. The van der Waals surface area contributed by atoms with E-state index in [0.717, 1.165) is 5.57 Å². The molecule has 0 amide bonds. The molecular weight excluding hydrogens is 329 g/mol. The normalized spacial score (nSPS) is 31.6. The predicted molar refractivity (Wildman–Crippen MR) is 91.8 cm³/mol. The quantitative estimate of drug-likeness (QED) is 0.483. The van der Waals surface area contributed by atoms with Crippen LogP contribution in [0.3, 0.4) is 0 Å². The molecule has 0 aromatic heterocycles. The van der Waals surface area contributed by atoms with E-state index in [1.165, 1.54) is 13.8 Å². The Balaban J connectivity index is 2.09. The minimum absolute atomic E-state index is 0.00228. The van der Waals surface area contributed by atoms with Crippen LogP contribution in [0.25, 0.3) is 0 Å². The van der Waals surface area contributed by atoms with Crippen LogP contribution >= 0.6 is 0 Å². The van der Waals surface area contributed by atoms with Gasteiger partial charge < -0.3 is 4.74 Å². The second-order valence-electron chi connectivity index (χ2n) is 8.19. The SMILES string of the molecule is CC(C)=CC1C(C(=O)OCC2=C(C)C(F)C(C)C(F)=C2F)CC1(C)C. The molecule has 0 aromatic rings. The molecule has 0 radical (unpaired) electrons. The van der Waals surface area contributed by atoms with Gasteiger partial charge in [-0.25, -0.2) is 13.2 Å². The lowest BCUT2D eigenvalue weighted by molar-refractivity contribution is -0.159. The molecule has 140 valence electrons. The number of halogens is 3. The lowest BCUT2D eigenvalue weighted by Gasteiger charge is -2.49. The highest BCUT2D eigenvalue weighted by Crippen LogP contribution is 2.52. The molecule has 4 unspecified atom stereocenters. The van der Waals surface area contributed by atoms with Gasteiger partial charge in [0.2, 0.25) is 0 Å². The third kappa shape index (κ3) is 3.70. The summed E-state index contributed by atoms with van der Waals surface area (Å²) in [6, 6.07) is 0. The Morgan fingerprint density at radius 1 is 1.32 bits per heavy atom. The van der Waals surface area contributed by atoms with E-state index in [-0.39, 0.29) is 28.4 Å². The topological polar surface area (TPSA) is 26.3 Å². The van der Waals surface area contributed by atoms with Crippen LogP contribution in [0.2, 0.25) is 0 Å². The Hall–Kier alpha value is -1.52. The van der Waals surface area contributed by atoms with Crippen LogP contribution in [0, 0.1) is 23.2 Å². The molecule has 1 saturated carbocycles. The molecule has 0 spiro atoms. The molecule has 1 fully saturated rings. The van der Waals surface area contributed by atoms with Gasteiger partial charge in [0.25, 0.3) is 0 Å². The second kappa shape index (κ2) is 7.00. The summed E-state index contributed by atoms with van der Waals surface area (Å²) >= 11 is 0. The zero-order valence-electron chi connectivity index (χ0n) is 15.8. The summed E-state index contributed by atoms with van der Waals surface area (Å²) < 4.78 is 47.2. The highest BCUT2D eigenvalue weighted by Gasteiger charge is 2.50. The first-order valence-corrected chi connectivity index (χ1v) is 8.68. The Morgan fingerprint density at radius 3 is 2.44 bits per heavy atom. The van der Waals surface area contributed by atoms with Gasteiger partial charge in [-0.05, 0) is 44.1 Å². The number of hydrogen-bond acceptors (Lipinski definition) is 2. The molecule has 25 heavy (non-hydrogen) atoms. The molecular formula is C20H27F3O2. The van der Waals surface area contributed by atoms with Crippen molar-refractivity contribution in [3.05, 3.63) is 34.4 Å². The van der Waals surface area contributed by atoms with Crippen LogP contribution in [0.1, 0.15) is 48.0 Å². The van der Waals surface area contributed by atoms with E-state index >= 15 is 0 Å². The summed E-state index contributed by atoms with van der Waals surface area (Å²) in [7, 11) is 0. The van der Waals surface area contributed by atoms with E-state index in [9.17, 15) is 18.0 Å². The molecule has 0 bridgehead atoms. The molecule has 5 heteroatoms. The predicted octanol–water partition coefficient (Wildman–Crippen LogP) is 5.61. The van der Waals surface area contributed by atoms with Crippen molar-refractivity contribution in [2.75, 3.05) is 6.61 Å². The van der Waals surface area contributed by atoms with Crippen LogP contribution in [-0.2, 0) is 9.53 Å². The number of esters is 1. The number of hydrogen-bond donors (Lipinski definition) is 0. The monoisotopic (exact) mass is 356 g/mol. The van der Waals surface area contributed by atoms with Crippen molar-refractivity contribution in [2.24, 2.45) is 23.2 Å². The van der Waals surface area contributed by atoms with Gasteiger partial charge in [-0.1, -0.05) is 32.4 Å². The van der Waals surface area contributed by atoms with Gasteiger partial charge in [0.05, 0.1) is 5.92 Å². The average molecular weight is 356 g/mol. The lowest BCUT2D eigenvalue weighted by Crippen LogP contribution is -2.47. The summed E-state index contributed by atoms with van der Waals surface area (Å²) in [4.78, 5) is 12.4. The minimum atomic E-state index is -1.60. The smallest absolute Gasteiger partial charge is 0.309 e. The second-order valence-corrected chi connectivity index (χ2v) is 8.19. The van der Waals surface area contributed by atoms with Gasteiger partial charge >= 0.3 is 5.97 Å². The molecule has 0 aromatic carbocycles. The van der Waals surface area contributed by atoms with Crippen LogP contribution in [0.15, 0.2) is 34.4 Å². The number of carbonyl (C=O) groups excluding carboxylic acids is 1. The van der Waals surface area contributed by atoms with Crippen molar-refractivity contribution in [1.82, 2.24) is 0 Å². The Kier molecular flexibility index (Phi) is 5.55. The first-order valence-electron chi connectivity index (χ1n) is 8.68. The van der Waals surface area contributed by atoms with Gasteiger partial charge in [-0.2, -0.15) is 0 Å². The van der Waals surface area contributed by atoms with Gasteiger partial charge in [-0.15, -0.1) is 0 Å². The van der Waals surface area contributed by atoms with Gasteiger partial charge in [0.1, 0.15) is 18.6 Å². The van der Waals surface area contributed by atoms with Crippen molar-refractivity contribution in [1.29, 1.82) is 0 Å². The van der Waals surface area contributed by atoms with E-state index in [2.05, 4.69) is 19.9 Å². The Morgan fingerprint density at radius 2 is 1.92 bits per heavy atom. The van der Waals surface area contributed by atoms with Crippen LogP contribution in [0.5, 0.6) is 0 Å². The molecule has 2 aliphatic rings. The van der Waals surface area contributed by atoms with Crippen molar-refractivity contribution in [2.45, 2.75) is 54.1 Å². The summed E-state index contributed by atoms with van der Waals surface area (Å²) in [5.41, 5.74) is 1.02. The van der Waals surface area contributed by atoms with Gasteiger partial charge in [0, 0.05) is 11.5 Å². The number of carbonyl (C=O) groups is 1. The molecule has 4 atom stereocenters. The van der Waals surface area contributed by atoms with Crippen LogP contribution in [0.4, 0.5) is 13.2 Å². The highest BCUT2D eigenvalue weighted by molar-refractivity contribution is 5.75. The van der Waals surface area contributed by atoms with Crippen molar-refractivity contribution >= 4 is 5.97 Å².